The molecule has 0 aliphatic carbocycles. The summed E-state index contributed by atoms with van der Waals surface area (Å²) in [5, 5.41) is 0. The van der Waals surface area contributed by atoms with Gasteiger partial charge in [0.25, 0.3) is 0 Å². The Morgan fingerprint density at radius 2 is 1.62 bits per heavy atom. The van der Waals surface area contributed by atoms with Crippen LogP contribution in [-0.4, -0.2) is 0 Å². The van der Waals surface area contributed by atoms with Crippen LogP contribution in [0.25, 0.3) is 0 Å². The smallest absolute Gasteiger partial charge is 0.399 e. The van der Waals surface area contributed by atoms with Gasteiger partial charge in [-0.25, -0.2) is 4.39 Å². The highest BCUT2D eigenvalue weighted by molar-refractivity contribution is 5.56. The first-order chi connectivity index (χ1) is 5.82. The highest BCUT2D eigenvalue weighted by Crippen LogP contribution is 2.34. The van der Waals surface area contributed by atoms with Gasteiger partial charge >= 0.3 is 6.18 Å². The lowest BCUT2D eigenvalue weighted by atomic mass is 10.1. The molecule has 0 fully saturated rings. The number of nitrogen functional groups attached to an aromatic ring is 2. The number of hydrogen-bond acceptors (Lipinski definition) is 2. The molecule has 72 valence electrons. The van der Waals surface area contributed by atoms with E-state index in [1.54, 1.807) is 0 Å². The Balaban J connectivity index is 3.37. The number of anilines is 2. The lowest BCUT2D eigenvalue weighted by Crippen LogP contribution is -2.10. The molecule has 0 unspecified atom stereocenters. The molecule has 0 aliphatic rings. The van der Waals surface area contributed by atoms with Crippen LogP contribution in [0.2, 0.25) is 0 Å². The molecule has 0 amide bonds. The molecule has 4 N–H and O–H groups in total. The maximum absolute atomic E-state index is 12.8. The molecule has 0 saturated carbocycles. The minimum atomic E-state index is -4.77. The largest absolute Gasteiger partial charge is 0.419 e. The van der Waals surface area contributed by atoms with Crippen LogP contribution in [0, 0.1) is 5.82 Å². The topological polar surface area (TPSA) is 52.0 Å². The van der Waals surface area contributed by atoms with Gasteiger partial charge in [-0.3, -0.25) is 0 Å². The molecule has 0 radical (unpaired) electrons. The molecule has 6 heteroatoms. The van der Waals surface area contributed by atoms with Gasteiger partial charge in [-0.15, -0.1) is 0 Å². The van der Waals surface area contributed by atoms with Crippen LogP contribution in [0.4, 0.5) is 28.9 Å². The van der Waals surface area contributed by atoms with Crippen molar-refractivity contribution in [2.24, 2.45) is 0 Å². The van der Waals surface area contributed by atoms with E-state index in [0.717, 1.165) is 6.07 Å². The van der Waals surface area contributed by atoms with Crippen molar-refractivity contribution < 1.29 is 17.6 Å². The first kappa shape index (κ1) is 9.63. The zero-order valence-electron chi connectivity index (χ0n) is 6.32. The third-order valence-electron chi connectivity index (χ3n) is 1.43. The van der Waals surface area contributed by atoms with E-state index >= 15 is 0 Å². The molecule has 0 spiro atoms. The maximum atomic E-state index is 12.8. The molecule has 1 aromatic rings. The minimum Gasteiger partial charge on any atom is -0.399 e. The zero-order valence-corrected chi connectivity index (χ0v) is 6.32. The fraction of sp³-hybridized carbons (Fsp3) is 0.143. The van der Waals surface area contributed by atoms with E-state index in [-0.39, 0.29) is 5.69 Å². The molecular formula is C7H6F4N2. The summed E-state index contributed by atoms with van der Waals surface area (Å²) < 4.78 is 48.9. The zero-order chi connectivity index (χ0) is 10.2. The van der Waals surface area contributed by atoms with Crippen molar-refractivity contribution >= 4 is 11.4 Å². The van der Waals surface area contributed by atoms with Gasteiger partial charge in [0.1, 0.15) is 0 Å². The number of halogens is 4. The van der Waals surface area contributed by atoms with E-state index in [1.807, 2.05) is 0 Å². The molecule has 0 heterocycles. The van der Waals surface area contributed by atoms with Gasteiger partial charge in [0.05, 0.1) is 11.3 Å². The highest BCUT2D eigenvalue weighted by atomic mass is 19.4. The average Bonchev–Trinajstić information content (AvgIpc) is 1.94. The third-order valence-corrected chi connectivity index (χ3v) is 1.43. The van der Waals surface area contributed by atoms with Crippen LogP contribution in [0.3, 0.4) is 0 Å². The maximum Gasteiger partial charge on any atom is 0.419 e. The Kier molecular flexibility index (Phi) is 2.07. The average molecular weight is 194 g/mol. The minimum absolute atomic E-state index is 0.216. The fourth-order valence-corrected chi connectivity index (χ4v) is 0.876. The first-order valence-electron chi connectivity index (χ1n) is 3.24. The predicted molar refractivity (Wildman–Crippen MR) is 40.2 cm³/mol. The van der Waals surface area contributed by atoms with E-state index < -0.39 is 23.2 Å². The predicted octanol–water partition coefficient (Wildman–Crippen LogP) is 2.01. The molecule has 2 nitrogen and oxygen atoms in total. The van der Waals surface area contributed by atoms with Crippen molar-refractivity contribution in [3.8, 4) is 0 Å². The second-order valence-corrected chi connectivity index (χ2v) is 2.47. The summed E-state index contributed by atoms with van der Waals surface area (Å²) in [4.78, 5) is 0. The molecule has 0 bridgehead atoms. The van der Waals surface area contributed by atoms with Gasteiger partial charge in [-0.1, -0.05) is 0 Å². The second-order valence-electron chi connectivity index (χ2n) is 2.47. The first-order valence-corrected chi connectivity index (χ1v) is 3.24. The van der Waals surface area contributed by atoms with Crippen LogP contribution in [0.5, 0.6) is 0 Å². The molecule has 0 saturated heterocycles. The lowest BCUT2D eigenvalue weighted by Gasteiger charge is -2.10. The van der Waals surface area contributed by atoms with Gasteiger partial charge in [0.15, 0.2) is 5.82 Å². The number of nitrogens with two attached hydrogens (primary N) is 2. The van der Waals surface area contributed by atoms with Crippen molar-refractivity contribution in [3.63, 3.8) is 0 Å². The van der Waals surface area contributed by atoms with E-state index in [0.29, 0.717) is 6.07 Å². The monoisotopic (exact) mass is 194 g/mol. The summed E-state index contributed by atoms with van der Waals surface area (Å²) in [5.74, 6) is -1.48. The summed E-state index contributed by atoms with van der Waals surface area (Å²) in [6, 6.07) is 1.44. The van der Waals surface area contributed by atoms with E-state index in [1.165, 1.54) is 0 Å². The molecule has 0 aliphatic heterocycles. The van der Waals surface area contributed by atoms with Crippen LogP contribution >= 0.6 is 0 Å². The summed E-state index contributed by atoms with van der Waals surface area (Å²) in [6.07, 6.45) is -4.77. The van der Waals surface area contributed by atoms with Gasteiger partial charge in [0, 0.05) is 5.69 Å². The molecule has 0 atom stereocenters. The second kappa shape index (κ2) is 2.79. The van der Waals surface area contributed by atoms with Gasteiger partial charge in [-0.05, 0) is 12.1 Å². The van der Waals surface area contributed by atoms with Crippen LogP contribution in [0.15, 0.2) is 12.1 Å². The van der Waals surface area contributed by atoms with Crippen LogP contribution in [-0.2, 0) is 6.18 Å². The van der Waals surface area contributed by atoms with Gasteiger partial charge in [-0.2, -0.15) is 13.2 Å². The van der Waals surface area contributed by atoms with E-state index in [9.17, 15) is 17.6 Å². The molecule has 0 aromatic heterocycles. The van der Waals surface area contributed by atoms with Gasteiger partial charge in [0.2, 0.25) is 0 Å². The molecule has 1 aromatic carbocycles. The van der Waals surface area contributed by atoms with Crippen molar-refractivity contribution in [1.82, 2.24) is 0 Å². The summed E-state index contributed by atoms with van der Waals surface area (Å²) in [7, 11) is 0. The van der Waals surface area contributed by atoms with Crippen molar-refractivity contribution in [3.05, 3.63) is 23.5 Å². The Morgan fingerprint density at radius 3 is 2.08 bits per heavy atom. The van der Waals surface area contributed by atoms with Crippen LogP contribution < -0.4 is 11.5 Å². The number of rotatable bonds is 0. The van der Waals surface area contributed by atoms with E-state index in [4.69, 9.17) is 11.5 Å². The Labute approximate surface area is 71.1 Å². The Morgan fingerprint density at radius 1 is 1.08 bits per heavy atom. The summed E-state index contributed by atoms with van der Waals surface area (Å²) >= 11 is 0. The number of alkyl halides is 3. The normalized spacial score (nSPS) is 11.7. The van der Waals surface area contributed by atoms with Crippen LogP contribution in [0.1, 0.15) is 5.56 Å². The Bertz CT molecular complexity index is 332. The lowest BCUT2D eigenvalue weighted by molar-refractivity contribution is -0.139. The molecule has 13 heavy (non-hydrogen) atoms. The van der Waals surface area contributed by atoms with Crippen molar-refractivity contribution in [2.75, 3.05) is 11.5 Å². The summed E-state index contributed by atoms with van der Waals surface area (Å²) in [5.41, 5.74) is 7.78. The number of benzene rings is 1. The van der Waals surface area contributed by atoms with Gasteiger partial charge < -0.3 is 11.5 Å². The third kappa shape index (κ3) is 1.82. The molecular weight excluding hydrogens is 188 g/mol. The Hall–Kier alpha value is -1.46. The quantitative estimate of drug-likeness (QED) is 0.490. The highest BCUT2D eigenvalue weighted by Gasteiger charge is 2.35. The SMILES string of the molecule is Nc1cc(N)c(F)c(C(F)(F)F)c1. The van der Waals surface area contributed by atoms with Crippen molar-refractivity contribution in [2.45, 2.75) is 6.18 Å². The van der Waals surface area contributed by atoms with E-state index in [2.05, 4.69) is 0 Å². The summed E-state index contributed by atoms with van der Waals surface area (Å²) in [6.45, 7) is 0. The fourth-order valence-electron chi connectivity index (χ4n) is 0.876. The standard InChI is InChI=1S/C7H6F4N2/c8-6-4(7(9,10)11)1-3(12)2-5(6)13/h1-2H,12-13H2. The van der Waals surface area contributed by atoms with Crippen molar-refractivity contribution in [1.29, 1.82) is 0 Å². The number of hydrogen-bond donors (Lipinski definition) is 2. The molecule has 1 rings (SSSR count).